The maximum absolute atomic E-state index is 12.8. The quantitative estimate of drug-likeness (QED) is 0.733. The monoisotopic (exact) mass is 402 g/mol. The number of methoxy groups -OCH3 is 2. The minimum Gasteiger partial charge on any atom is -0.493 e. The molecule has 2 aromatic carbocycles. The number of anilines is 1. The van der Waals surface area contributed by atoms with Gasteiger partial charge in [0.25, 0.3) is 0 Å². The number of amides is 2. The van der Waals surface area contributed by atoms with Gasteiger partial charge in [-0.2, -0.15) is 13.2 Å². The number of halogens is 4. The summed E-state index contributed by atoms with van der Waals surface area (Å²) in [6.07, 6.45) is -4.09. The summed E-state index contributed by atoms with van der Waals surface area (Å²) in [6.45, 7) is 0.228. The van der Waals surface area contributed by atoms with Gasteiger partial charge in [-0.05, 0) is 36.2 Å². The van der Waals surface area contributed by atoms with Crippen LogP contribution in [0.1, 0.15) is 11.1 Å². The van der Waals surface area contributed by atoms with Crippen LogP contribution in [-0.2, 0) is 12.6 Å². The van der Waals surface area contributed by atoms with Crippen LogP contribution in [0.4, 0.5) is 23.7 Å². The van der Waals surface area contributed by atoms with Crippen molar-refractivity contribution < 1.29 is 27.4 Å². The fourth-order valence-electron chi connectivity index (χ4n) is 2.43. The first-order valence-electron chi connectivity index (χ1n) is 7.87. The van der Waals surface area contributed by atoms with E-state index >= 15 is 0 Å². The maximum Gasteiger partial charge on any atom is 0.416 e. The fraction of sp³-hybridized carbons (Fsp3) is 0.278. The molecule has 0 saturated heterocycles. The van der Waals surface area contributed by atoms with Gasteiger partial charge in [0.2, 0.25) is 0 Å². The van der Waals surface area contributed by atoms with E-state index in [4.69, 9.17) is 21.1 Å². The molecule has 0 saturated carbocycles. The highest BCUT2D eigenvalue weighted by Gasteiger charge is 2.31. The Kier molecular flexibility index (Phi) is 6.79. The number of rotatable bonds is 6. The first-order chi connectivity index (χ1) is 12.8. The fourth-order valence-corrected chi connectivity index (χ4v) is 2.59. The maximum atomic E-state index is 12.8. The van der Waals surface area contributed by atoms with Gasteiger partial charge >= 0.3 is 12.2 Å². The van der Waals surface area contributed by atoms with Crippen LogP contribution in [-0.4, -0.2) is 26.8 Å². The highest BCUT2D eigenvalue weighted by Crippen LogP contribution is 2.34. The molecule has 27 heavy (non-hydrogen) atoms. The summed E-state index contributed by atoms with van der Waals surface area (Å²) >= 11 is 5.85. The molecule has 2 rings (SSSR count). The van der Waals surface area contributed by atoms with E-state index in [0.29, 0.717) is 17.9 Å². The van der Waals surface area contributed by atoms with Crippen molar-refractivity contribution in [1.29, 1.82) is 0 Å². The number of nitrogens with one attached hydrogen (secondary N) is 2. The molecular formula is C18H18ClF3N2O3. The molecule has 0 fully saturated rings. The largest absolute Gasteiger partial charge is 0.493 e. The number of carbonyl (C=O) groups is 1. The van der Waals surface area contributed by atoms with Crippen LogP contribution in [0.2, 0.25) is 5.02 Å². The van der Waals surface area contributed by atoms with Crippen molar-refractivity contribution in [3.05, 3.63) is 52.5 Å². The molecule has 2 N–H and O–H groups in total. The molecule has 0 atom stereocenters. The number of urea groups is 1. The number of hydrogen-bond acceptors (Lipinski definition) is 3. The van der Waals surface area contributed by atoms with Gasteiger partial charge in [-0.1, -0.05) is 23.7 Å². The van der Waals surface area contributed by atoms with Crippen molar-refractivity contribution in [2.75, 3.05) is 26.1 Å². The Hall–Kier alpha value is -2.61. The van der Waals surface area contributed by atoms with Gasteiger partial charge in [0.15, 0.2) is 11.5 Å². The van der Waals surface area contributed by atoms with Crippen LogP contribution in [0.15, 0.2) is 36.4 Å². The van der Waals surface area contributed by atoms with Crippen molar-refractivity contribution in [2.24, 2.45) is 0 Å². The molecule has 5 nitrogen and oxygen atoms in total. The number of carbonyl (C=O) groups excluding carboxylic acids is 1. The molecule has 0 aliphatic heterocycles. The third kappa shape index (κ3) is 5.43. The van der Waals surface area contributed by atoms with Crippen LogP contribution >= 0.6 is 11.6 Å². The lowest BCUT2D eigenvalue weighted by molar-refractivity contribution is -0.137. The molecule has 0 aliphatic carbocycles. The summed E-state index contributed by atoms with van der Waals surface area (Å²) in [6, 6.07) is 7.41. The zero-order valence-corrected chi connectivity index (χ0v) is 15.4. The summed E-state index contributed by atoms with van der Waals surface area (Å²) in [7, 11) is 3.03. The van der Waals surface area contributed by atoms with E-state index < -0.39 is 17.8 Å². The lowest BCUT2D eigenvalue weighted by Gasteiger charge is -2.14. The van der Waals surface area contributed by atoms with Crippen LogP contribution in [0.5, 0.6) is 11.5 Å². The zero-order valence-electron chi connectivity index (χ0n) is 14.6. The summed E-state index contributed by atoms with van der Waals surface area (Å²) in [5.41, 5.74) is -0.208. The summed E-state index contributed by atoms with van der Waals surface area (Å²) in [4.78, 5) is 12.0. The van der Waals surface area contributed by atoms with E-state index in [1.807, 2.05) is 6.07 Å². The molecule has 0 radical (unpaired) electrons. The average Bonchev–Trinajstić information content (AvgIpc) is 2.62. The molecule has 0 aliphatic rings. The van der Waals surface area contributed by atoms with Crippen molar-refractivity contribution >= 4 is 23.3 Å². The average molecular weight is 403 g/mol. The Labute approximate surface area is 159 Å². The first kappa shape index (κ1) is 20.7. The van der Waals surface area contributed by atoms with Crippen molar-refractivity contribution in [1.82, 2.24) is 5.32 Å². The predicted octanol–water partition coefficient (Wildman–Crippen LogP) is 4.74. The van der Waals surface area contributed by atoms with Gasteiger partial charge in [-0.25, -0.2) is 4.79 Å². The molecule has 2 aromatic rings. The molecule has 0 heterocycles. The van der Waals surface area contributed by atoms with E-state index in [1.54, 1.807) is 12.1 Å². The number of para-hydroxylation sites is 1. The van der Waals surface area contributed by atoms with Gasteiger partial charge in [0, 0.05) is 6.54 Å². The molecule has 9 heteroatoms. The van der Waals surface area contributed by atoms with E-state index in [2.05, 4.69) is 10.6 Å². The van der Waals surface area contributed by atoms with Crippen LogP contribution in [0, 0.1) is 0 Å². The molecule has 0 unspecified atom stereocenters. The number of alkyl halides is 3. The van der Waals surface area contributed by atoms with E-state index in [1.165, 1.54) is 14.2 Å². The smallest absolute Gasteiger partial charge is 0.416 e. The third-order valence-electron chi connectivity index (χ3n) is 3.71. The second-order valence-electron chi connectivity index (χ2n) is 5.48. The Bertz CT molecular complexity index is 813. The molecule has 0 spiro atoms. The van der Waals surface area contributed by atoms with Crippen molar-refractivity contribution in [3.8, 4) is 11.5 Å². The Morgan fingerprint density at radius 1 is 1.15 bits per heavy atom. The lowest BCUT2D eigenvalue weighted by Crippen LogP contribution is -2.30. The molecule has 146 valence electrons. The van der Waals surface area contributed by atoms with E-state index in [9.17, 15) is 18.0 Å². The Morgan fingerprint density at radius 3 is 2.52 bits per heavy atom. The van der Waals surface area contributed by atoms with Crippen LogP contribution < -0.4 is 20.1 Å². The van der Waals surface area contributed by atoms with Gasteiger partial charge < -0.3 is 20.1 Å². The zero-order chi connectivity index (χ0) is 20.0. The standard InChI is InChI=1S/C18H18ClF3N2O3/c1-26-15-5-3-4-11(16(15)27-2)8-9-23-17(25)24-14-10-12(18(20,21)22)6-7-13(14)19/h3-7,10H,8-9H2,1-2H3,(H2,23,24,25). The minimum atomic E-state index is -4.53. The Balaban J connectivity index is 1.98. The number of hydrogen-bond donors (Lipinski definition) is 2. The van der Waals surface area contributed by atoms with Crippen molar-refractivity contribution in [2.45, 2.75) is 12.6 Å². The highest BCUT2D eigenvalue weighted by molar-refractivity contribution is 6.33. The Morgan fingerprint density at radius 2 is 1.89 bits per heavy atom. The lowest BCUT2D eigenvalue weighted by atomic mass is 10.1. The predicted molar refractivity (Wildman–Crippen MR) is 96.7 cm³/mol. The molecular weight excluding hydrogens is 385 g/mol. The molecule has 0 aromatic heterocycles. The highest BCUT2D eigenvalue weighted by atomic mass is 35.5. The number of ether oxygens (including phenoxy) is 2. The summed E-state index contributed by atoms with van der Waals surface area (Å²) in [5.74, 6) is 1.12. The van der Waals surface area contributed by atoms with Gasteiger partial charge in [0.05, 0.1) is 30.5 Å². The second-order valence-corrected chi connectivity index (χ2v) is 5.88. The van der Waals surface area contributed by atoms with E-state index in [0.717, 1.165) is 23.8 Å². The summed E-state index contributed by atoms with van der Waals surface area (Å²) in [5, 5.41) is 4.90. The van der Waals surface area contributed by atoms with Crippen LogP contribution in [0.3, 0.4) is 0 Å². The first-order valence-corrected chi connectivity index (χ1v) is 8.25. The molecule has 2 amide bonds. The van der Waals surface area contributed by atoms with Crippen molar-refractivity contribution in [3.63, 3.8) is 0 Å². The van der Waals surface area contributed by atoms with Crippen LogP contribution in [0.25, 0.3) is 0 Å². The SMILES string of the molecule is COc1cccc(CCNC(=O)Nc2cc(C(F)(F)F)ccc2Cl)c1OC. The summed E-state index contributed by atoms with van der Waals surface area (Å²) < 4.78 is 48.8. The van der Waals surface area contributed by atoms with Gasteiger partial charge in [0.1, 0.15) is 0 Å². The van der Waals surface area contributed by atoms with E-state index in [-0.39, 0.29) is 17.3 Å². The third-order valence-corrected chi connectivity index (χ3v) is 4.04. The van der Waals surface area contributed by atoms with Gasteiger partial charge in [-0.15, -0.1) is 0 Å². The normalized spacial score (nSPS) is 11.0. The number of benzene rings is 2. The topological polar surface area (TPSA) is 59.6 Å². The molecule has 0 bridgehead atoms. The van der Waals surface area contributed by atoms with Gasteiger partial charge in [-0.3, -0.25) is 0 Å². The minimum absolute atomic E-state index is 0.00705. The second kappa shape index (κ2) is 8.85.